The first kappa shape index (κ1) is 9.84. The highest BCUT2D eigenvalue weighted by molar-refractivity contribution is 5.87. The summed E-state index contributed by atoms with van der Waals surface area (Å²) < 4.78 is 6.61. The molecule has 0 saturated carbocycles. The topological polar surface area (TPSA) is 31.2 Å². The SMILES string of the molecule is CC[C@@H](C)n1cccc1C(=O)OC. The molecule has 0 aliphatic heterocycles. The Hall–Kier alpha value is -1.25. The smallest absolute Gasteiger partial charge is 0.354 e. The molecule has 1 aromatic heterocycles. The van der Waals surface area contributed by atoms with E-state index in [0.29, 0.717) is 11.7 Å². The summed E-state index contributed by atoms with van der Waals surface area (Å²) >= 11 is 0. The second-order valence-electron chi connectivity index (χ2n) is 3.05. The van der Waals surface area contributed by atoms with Crippen molar-refractivity contribution in [3.63, 3.8) is 0 Å². The molecule has 72 valence electrons. The molecule has 1 rings (SSSR count). The predicted octanol–water partition coefficient (Wildman–Crippen LogP) is 2.25. The van der Waals surface area contributed by atoms with Crippen LogP contribution in [0.25, 0.3) is 0 Å². The van der Waals surface area contributed by atoms with Crippen molar-refractivity contribution < 1.29 is 9.53 Å². The quantitative estimate of drug-likeness (QED) is 0.670. The average molecular weight is 181 g/mol. The molecular formula is C10H15NO2. The van der Waals surface area contributed by atoms with Gasteiger partial charge in [0.15, 0.2) is 0 Å². The molecule has 13 heavy (non-hydrogen) atoms. The molecule has 1 aromatic rings. The monoisotopic (exact) mass is 181 g/mol. The van der Waals surface area contributed by atoms with E-state index in [1.807, 2.05) is 16.8 Å². The number of carbonyl (C=O) groups excluding carboxylic acids is 1. The average Bonchev–Trinajstić information content (AvgIpc) is 2.63. The van der Waals surface area contributed by atoms with Crippen molar-refractivity contribution in [1.82, 2.24) is 4.57 Å². The van der Waals surface area contributed by atoms with Crippen LogP contribution in [0.2, 0.25) is 0 Å². The molecule has 0 radical (unpaired) electrons. The van der Waals surface area contributed by atoms with E-state index < -0.39 is 0 Å². The zero-order chi connectivity index (χ0) is 9.84. The maximum absolute atomic E-state index is 11.3. The minimum absolute atomic E-state index is 0.273. The van der Waals surface area contributed by atoms with Crippen LogP contribution < -0.4 is 0 Å². The summed E-state index contributed by atoms with van der Waals surface area (Å²) in [5.41, 5.74) is 0.622. The number of esters is 1. The summed E-state index contributed by atoms with van der Waals surface area (Å²) in [7, 11) is 1.40. The number of nitrogens with zero attached hydrogens (tertiary/aromatic N) is 1. The Morgan fingerprint density at radius 1 is 1.69 bits per heavy atom. The highest BCUT2D eigenvalue weighted by Gasteiger charge is 2.13. The standard InChI is InChI=1S/C10H15NO2/c1-4-8(2)11-7-5-6-9(11)10(12)13-3/h5-8H,4H2,1-3H3/t8-/m1/s1. The fourth-order valence-electron chi connectivity index (χ4n) is 1.25. The van der Waals surface area contributed by atoms with Crippen LogP contribution in [-0.4, -0.2) is 17.6 Å². The summed E-state index contributed by atoms with van der Waals surface area (Å²) in [6.45, 7) is 4.16. The lowest BCUT2D eigenvalue weighted by molar-refractivity contribution is 0.0586. The molecule has 0 aromatic carbocycles. The minimum Gasteiger partial charge on any atom is -0.464 e. The Labute approximate surface area is 78.3 Å². The van der Waals surface area contributed by atoms with Gasteiger partial charge in [-0.25, -0.2) is 4.79 Å². The van der Waals surface area contributed by atoms with Crippen LogP contribution in [0.3, 0.4) is 0 Å². The van der Waals surface area contributed by atoms with Crippen LogP contribution in [0.1, 0.15) is 36.8 Å². The van der Waals surface area contributed by atoms with E-state index in [2.05, 4.69) is 18.6 Å². The van der Waals surface area contributed by atoms with Crippen molar-refractivity contribution >= 4 is 5.97 Å². The van der Waals surface area contributed by atoms with Crippen LogP contribution in [0, 0.1) is 0 Å². The normalized spacial score (nSPS) is 12.5. The lowest BCUT2D eigenvalue weighted by Crippen LogP contribution is -2.12. The van der Waals surface area contributed by atoms with Gasteiger partial charge in [0, 0.05) is 12.2 Å². The Bertz CT molecular complexity index is 291. The first-order chi connectivity index (χ1) is 6.20. The highest BCUT2D eigenvalue weighted by atomic mass is 16.5. The zero-order valence-corrected chi connectivity index (χ0v) is 8.28. The molecule has 0 bridgehead atoms. The van der Waals surface area contributed by atoms with Gasteiger partial charge in [-0.1, -0.05) is 6.92 Å². The molecule has 0 amide bonds. The molecule has 0 unspecified atom stereocenters. The van der Waals surface area contributed by atoms with E-state index in [1.54, 1.807) is 6.07 Å². The first-order valence-corrected chi connectivity index (χ1v) is 4.45. The Morgan fingerprint density at radius 3 is 2.92 bits per heavy atom. The third-order valence-corrected chi connectivity index (χ3v) is 2.24. The van der Waals surface area contributed by atoms with E-state index in [1.165, 1.54) is 7.11 Å². The Kier molecular flexibility index (Phi) is 3.12. The van der Waals surface area contributed by atoms with Crippen LogP contribution >= 0.6 is 0 Å². The van der Waals surface area contributed by atoms with E-state index in [0.717, 1.165) is 6.42 Å². The number of rotatable bonds is 3. The second kappa shape index (κ2) is 4.12. The van der Waals surface area contributed by atoms with Gasteiger partial charge in [-0.15, -0.1) is 0 Å². The summed E-state index contributed by atoms with van der Waals surface area (Å²) in [5.74, 6) is -0.273. The molecule has 0 aliphatic rings. The molecule has 3 heteroatoms. The number of aromatic nitrogens is 1. The van der Waals surface area contributed by atoms with Gasteiger partial charge in [0.2, 0.25) is 0 Å². The molecule has 0 N–H and O–H groups in total. The van der Waals surface area contributed by atoms with Crippen molar-refractivity contribution in [1.29, 1.82) is 0 Å². The third-order valence-electron chi connectivity index (χ3n) is 2.24. The minimum atomic E-state index is -0.273. The molecule has 0 aliphatic carbocycles. The van der Waals surface area contributed by atoms with Crippen molar-refractivity contribution in [3.8, 4) is 0 Å². The Balaban J connectivity index is 2.95. The van der Waals surface area contributed by atoms with Gasteiger partial charge < -0.3 is 9.30 Å². The molecular weight excluding hydrogens is 166 g/mol. The molecule has 0 fully saturated rings. The summed E-state index contributed by atoms with van der Waals surface area (Å²) in [5, 5.41) is 0. The molecule has 3 nitrogen and oxygen atoms in total. The van der Waals surface area contributed by atoms with E-state index in [4.69, 9.17) is 0 Å². The number of hydrogen-bond donors (Lipinski definition) is 0. The first-order valence-electron chi connectivity index (χ1n) is 4.45. The third kappa shape index (κ3) is 1.91. The lowest BCUT2D eigenvalue weighted by Gasteiger charge is -2.13. The molecule has 1 heterocycles. The van der Waals surface area contributed by atoms with Crippen LogP contribution in [0.15, 0.2) is 18.3 Å². The zero-order valence-electron chi connectivity index (χ0n) is 8.28. The van der Waals surface area contributed by atoms with Crippen molar-refractivity contribution in [2.45, 2.75) is 26.3 Å². The van der Waals surface area contributed by atoms with Gasteiger partial charge in [0.25, 0.3) is 0 Å². The number of ether oxygens (including phenoxy) is 1. The van der Waals surface area contributed by atoms with Crippen LogP contribution in [-0.2, 0) is 4.74 Å². The van der Waals surface area contributed by atoms with Crippen molar-refractivity contribution in [3.05, 3.63) is 24.0 Å². The largest absolute Gasteiger partial charge is 0.464 e. The second-order valence-corrected chi connectivity index (χ2v) is 3.05. The van der Waals surface area contributed by atoms with Gasteiger partial charge in [-0.05, 0) is 25.5 Å². The Morgan fingerprint density at radius 2 is 2.38 bits per heavy atom. The lowest BCUT2D eigenvalue weighted by atomic mass is 10.2. The predicted molar refractivity (Wildman–Crippen MR) is 50.8 cm³/mol. The summed E-state index contributed by atoms with van der Waals surface area (Å²) in [6, 6.07) is 3.97. The molecule has 1 atom stereocenters. The van der Waals surface area contributed by atoms with Crippen LogP contribution in [0.4, 0.5) is 0 Å². The number of hydrogen-bond acceptors (Lipinski definition) is 2. The maximum atomic E-state index is 11.3. The summed E-state index contributed by atoms with van der Waals surface area (Å²) in [6.07, 6.45) is 2.90. The fraction of sp³-hybridized carbons (Fsp3) is 0.500. The van der Waals surface area contributed by atoms with Crippen molar-refractivity contribution in [2.75, 3.05) is 7.11 Å². The van der Waals surface area contributed by atoms with Gasteiger partial charge in [0.05, 0.1) is 7.11 Å². The number of carbonyl (C=O) groups is 1. The molecule has 0 saturated heterocycles. The van der Waals surface area contributed by atoms with Gasteiger partial charge >= 0.3 is 5.97 Å². The van der Waals surface area contributed by atoms with E-state index in [-0.39, 0.29) is 5.97 Å². The van der Waals surface area contributed by atoms with E-state index in [9.17, 15) is 4.79 Å². The van der Waals surface area contributed by atoms with Gasteiger partial charge in [0.1, 0.15) is 5.69 Å². The van der Waals surface area contributed by atoms with E-state index >= 15 is 0 Å². The van der Waals surface area contributed by atoms with Gasteiger partial charge in [-0.2, -0.15) is 0 Å². The molecule has 0 spiro atoms. The summed E-state index contributed by atoms with van der Waals surface area (Å²) in [4.78, 5) is 11.3. The maximum Gasteiger partial charge on any atom is 0.354 e. The fourth-order valence-corrected chi connectivity index (χ4v) is 1.25. The highest BCUT2D eigenvalue weighted by Crippen LogP contribution is 2.14. The van der Waals surface area contributed by atoms with Crippen LogP contribution in [0.5, 0.6) is 0 Å². The van der Waals surface area contributed by atoms with Crippen molar-refractivity contribution in [2.24, 2.45) is 0 Å². The number of methoxy groups -OCH3 is 1. The van der Waals surface area contributed by atoms with Gasteiger partial charge in [-0.3, -0.25) is 0 Å².